The van der Waals surface area contributed by atoms with E-state index in [4.69, 9.17) is 10.3 Å². The van der Waals surface area contributed by atoms with Crippen molar-refractivity contribution in [3.05, 3.63) is 82.8 Å². The molecule has 4 aromatic rings. The van der Waals surface area contributed by atoms with Crippen molar-refractivity contribution >= 4 is 28.4 Å². The van der Waals surface area contributed by atoms with Crippen LogP contribution in [0.2, 0.25) is 0 Å². The molecule has 30 heavy (non-hydrogen) atoms. The van der Waals surface area contributed by atoms with Gasteiger partial charge in [0.25, 0.3) is 0 Å². The van der Waals surface area contributed by atoms with E-state index in [-0.39, 0.29) is 5.69 Å². The number of nitroso groups, excluding NO2 is 1. The first-order valence-electron chi connectivity index (χ1n) is 9.12. The number of hydrazine groups is 1. The summed E-state index contributed by atoms with van der Waals surface area (Å²) in [4.78, 5) is 27.4. The molecule has 0 unspecified atom stereocenters. The summed E-state index contributed by atoms with van der Waals surface area (Å²) in [6.07, 6.45) is 0. The van der Waals surface area contributed by atoms with Gasteiger partial charge in [0.15, 0.2) is 5.58 Å². The lowest BCUT2D eigenvalue weighted by Crippen LogP contribution is -2.30. The topological polar surface area (TPSA) is 111 Å². The van der Waals surface area contributed by atoms with Crippen molar-refractivity contribution in [2.45, 2.75) is 6.54 Å². The number of benzene rings is 3. The van der Waals surface area contributed by atoms with Crippen LogP contribution in [-0.2, 0) is 11.3 Å². The minimum atomic E-state index is -0.409. The number of methoxy groups -OCH3 is 1. The molecular formula is C22H18N4O4. The second kappa shape index (κ2) is 8.14. The Bertz CT molecular complexity index is 1180. The average molecular weight is 402 g/mol. The summed E-state index contributed by atoms with van der Waals surface area (Å²) >= 11 is 0. The van der Waals surface area contributed by atoms with Crippen LogP contribution >= 0.6 is 0 Å². The van der Waals surface area contributed by atoms with E-state index >= 15 is 0 Å². The Balaban J connectivity index is 1.57. The monoisotopic (exact) mass is 402 g/mol. The summed E-state index contributed by atoms with van der Waals surface area (Å²) in [6, 6.07) is 19.3. The molecule has 0 bridgehead atoms. The van der Waals surface area contributed by atoms with E-state index in [2.05, 4.69) is 14.9 Å². The van der Waals surface area contributed by atoms with Gasteiger partial charge in [-0.05, 0) is 53.2 Å². The molecular weight excluding hydrogens is 384 g/mol. The van der Waals surface area contributed by atoms with Gasteiger partial charge in [-0.25, -0.2) is 15.6 Å². The second-order valence-electron chi connectivity index (χ2n) is 6.60. The number of oxazole rings is 1. The molecule has 2 N–H and O–H groups in total. The van der Waals surface area contributed by atoms with Gasteiger partial charge in [-0.3, -0.25) is 0 Å². The molecule has 1 aromatic heterocycles. The van der Waals surface area contributed by atoms with Gasteiger partial charge < -0.3 is 14.2 Å². The highest BCUT2D eigenvalue weighted by molar-refractivity contribution is 5.89. The first-order chi connectivity index (χ1) is 14.6. The van der Waals surface area contributed by atoms with E-state index in [9.17, 15) is 9.70 Å². The number of anilines is 1. The van der Waals surface area contributed by atoms with Crippen molar-refractivity contribution < 1.29 is 13.9 Å². The van der Waals surface area contributed by atoms with E-state index in [1.54, 1.807) is 42.5 Å². The van der Waals surface area contributed by atoms with Gasteiger partial charge in [0.05, 0.1) is 24.9 Å². The van der Waals surface area contributed by atoms with Crippen LogP contribution in [-0.4, -0.2) is 18.1 Å². The molecule has 0 aliphatic carbocycles. The molecule has 0 spiro atoms. The molecule has 8 heteroatoms. The van der Waals surface area contributed by atoms with Crippen molar-refractivity contribution in [1.29, 1.82) is 0 Å². The number of rotatable bonds is 6. The standard InChI is InChI=1S/C22H18N4O4/c1-29-22(27)15-8-6-14(7-9-15)13-26(23)19-11-10-16(12-18(19)25-28)21-24-17-4-2-3-5-20(17)30-21/h2-12H,13,23H2,1H3. The number of ether oxygens (including phenoxy) is 1. The van der Waals surface area contributed by atoms with E-state index in [0.29, 0.717) is 34.8 Å². The van der Waals surface area contributed by atoms with E-state index in [1.807, 2.05) is 24.3 Å². The number of hydrogen-bond acceptors (Lipinski definition) is 8. The molecule has 0 saturated carbocycles. The van der Waals surface area contributed by atoms with Crippen molar-refractivity contribution in [1.82, 2.24) is 4.98 Å². The summed E-state index contributed by atoms with van der Waals surface area (Å²) in [5, 5.41) is 4.54. The lowest BCUT2D eigenvalue weighted by Gasteiger charge is -2.20. The Kier molecular flexibility index (Phi) is 5.23. The number of fused-ring (bicyclic) bond motifs is 1. The molecule has 1 heterocycles. The predicted octanol–water partition coefficient (Wildman–Crippen LogP) is 4.56. The molecule has 0 saturated heterocycles. The zero-order chi connectivity index (χ0) is 21.1. The molecule has 8 nitrogen and oxygen atoms in total. The first kappa shape index (κ1) is 19.3. The van der Waals surface area contributed by atoms with Gasteiger partial charge in [-0.2, -0.15) is 0 Å². The third-order valence-electron chi connectivity index (χ3n) is 4.65. The number of aromatic nitrogens is 1. The normalized spacial score (nSPS) is 10.7. The Morgan fingerprint density at radius 2 is 1.90 bits per heavy atom. The van der Waals surface area contributed by atoms with Crippen molar-refractivity contribution in [3.63, 3.8) is 0 Å². The zero-order valence-electron chi connectivity index (χ0n) is 16.1. The van der Waals surface area contributed by atoms with E-state index in [0.717, 1.165) is 11.1 Å². The van der Waals surface area contributed by atoms with Crippen LogP contribution in [0.15, 0.2) is 76.3 Å². The highest BCUT2D eigenvalue weighted by atomic mass is 16.5. The lowest BCUT2D eigenvalue weighted by atomic mass is 10.1. The Morgan fingerprint density at radius 3 is 2.60 bits per heavy atom. The lowest BCUT2D eigenvalue weighted by molar-refractivity contribution is 0.0600. The smallest absolute Gasteiger partial charge is 0.337 e. The third kappa shape index (κ3) is 3.76. The molecule has 0 atom stereocenters. The number of carbonyl (C=O) groups excluding carboxylic acids is 1. The summed E-state index contributed by atoms with van der Waals surface area (Å²) in [5.74, 6) is 6.17. The minimum absolute atomic E-state index is 0.170. The second-order valence-corrected chi connectivity index (χ2v) is 6.60. The van der Waals surface area contributed by atoms with Crippen LogP contribution in [0.4, 0.5) is 11.4 Å². The van der Waals surface area contributed by atoms with Crippen LogP contribution in [0.1, 0.15) is 15.9 Å². The van der Waals surface area contributed by atoms with Crippen LogP contribution in [0, 0.1) is 4.91 Å². The third-order valence-corrected chi connectivity index (χ3v) is 4.65. The molecule has 0 fully saturated rings. The number of carbonyl (C=O) groups is 1. The fourth-order valence-corrected chi connectivity index (χ4v) is 3.11. The molecule has 3 aromatic carbocycles. The fourth-order valence-electron chi connectivity index (χ4n) is 3.11. The van der Waals surface area contributed by atoms with E-state index < -0.39 is 5.97 Å². The molecule has 150 valence electrons. The van der Waals surface area contributed by atoms with Gasteiger partial charge in [0.1, 0.15) is 11.2 Å². The maximum absolute atomic E-state index is 11.5. The van der Waals surface area contributed by atoms with Crippen LogP contribution < -0.4 is 10.9 Å². The summed E-state index contributed by atoms with van der Waals surface area (Å²) in [6.45, 7) is 0.312. The molecule has 0 aliphatic rings. The van der Waals surface area contributed by atoms with Gasteiger partial charge in [0, 0.05) is 5.56 Å². The van der Waals surface area contributed by atoms with E-state index in [1.165, 1.54) is 12.1 Å². The number of esters is 1. The average Bonchev–Trinajstić information content (AvgIpc) is 3.23. The molecule has 4 rings (SSSR count). The largest absolute Gasteiger partial charge is 0.465 e. The minimum Gasteiger partial charge on any atom is -0.465 e. The Hall–Kier alpha value is -4.04. The quantitative estimate of drug-likeness (QED) is 0.218. The van der Waals surface area contributed by atoms with Gasteiger partial charge in [0.2, 0.25) is 5.89 Å². The van der Waals surface area contributed by atoms with Crippen molar-refractivity contribution in [2.75, 3.05) is 12.1 Å². The van der Waals surface area contributed by atoms with Crippen LogP contribution in [0.3, 0.4) is 0 Å². The number of nitrogens with two attached hydrogens (primary N) is 1. The Morgan fingerprint density at radius 1 is 1.13 bits per heavy atom. The van der Waals surface area contributed by atoms with Crippen LogP contribution in [0.25, 0.3) is 22.6 Å². The molecule has 0 radical (unpaired) electrons. The van der Waals surface area contributed by atoms with Gasteiger partial charge >= 0.3 is 5.97 Å². The first-order valence-corrected chi connectivity index (χ1v) is 9.12. The number of nitrogens with zero attached hydrogens (tertiary/aromatic N) is 3. The number of hydrogen-bond donors (Lipinski definition) is 1. The van der Waals surface area contributed by atoms with Crippen molar-refractivity contribution in [2.24, 2.45) is 11.0 Å². The summed E-state index contributed by atoms with van der Waals surface area (Å²) in [7, 11) is 1.33. The zero-order valence-corrected chi connectivity index (χ0v) is 16.1. The fraction of sp³-hybridized carbons (Fsp3) is 0.0909. The Labute approximate surface area is 171 Å². The number of para-hydroxylation sites is 2. The van der Waals surface area contributed by atoms with Crippen molar-refractivity contribution in [3.8, 4) is 11.5 Å². The maximum atomic E-state index is 11.5. The molecule has 0 amide bonds. The molecule has 0 aliphatic heterocycles. The van der Waals surface area contributed by atoms with Gasteiger partial charge in [-0.15, -0.1) is 4.91 Å². The summed E-state index contributed by atoms with van der Waals surface area (Å²) < 4.78 is 10.4. The predicted molar refractivity (Wildman–Crippen MR) is 113 cm³/mol. The van der Waals surface area contributed by atoms with Crippen LogP contribution in [0.5, 0.6) is 0 Å². The highest BCUT2D eigenvalue weighted by Gasteiger charge is 2.15. The summed E-state index contributed by atoms with van der Waals surface area (Å²) in [5.41, 5.74) is 3.94. The highest BCUT2D eigenvalue weighted by Crippen LogP contribution is 2.34. The SMILES string of the molecule is COC(=O)c1ccc(CN(N)c2ccc(-c3nc4ccccc4o3)cc2N=O)cc1. The van der Waals surface area contributed by atoms with Gasteiger partial charge in [-0.1, -0.05) is 24.3 Å². The maximum Gasteiger partial charge on any atom is 0.337 e.